The molecule has 8 nitrogen and oxygen atoms in total. The van der Waals surface area contributed by atoms with Crippen molar-refractivity contribution in [1.82, 2.24) is 24.7 Å². The van der Waals surface area contributed by atoms with Gasteiger partial charge in [0.15, 0.2) is 11.5 Å². The van der Waals surface area contributed by atoms with E-state index in [-0.39, 0.29) is 11.3 Å². The largest absolute Gasteiger partial charge is 0.355 e. The fourth-order valence-corrected chi connectivity index (χ4v) is 4.32. The topological polar surface area (TPSA) is 104 Å². The van der Waals surface area contributed by atoms with Crippen molar-refractivity contribution < 1.29 is 8.42 Å². The maximum Gasteiger partial charge on any atom is 0.214 e. The number of hydrogen-bond donors (Lipinski definition) is 2. The van der Waals surface area contributed by atoms with Crippen LogP contribution in [0.1, 0.15) is 25.7 Å². The smallest absolute Gasteiger partial charge is 0.214 e. The van der Waals surface area contributed by atoms with E-state index in [1.165, 1.54) is 13.4 Å². The van der Waals surface area contributed by atoms with Crippen LogP contribution in [0.2, 0.25) is 0 Å². The molecule has 9 heteroatoms. The lowest BCUT2D eigenvalue weighted by molar-refractivity contribution is 0.419. The minimum Gasteiger partial charge on any atom is -0.355 e. The van der Waals surface area contributed by atoms with Gasteiger partial charge in [0.1, 0.15) is 11.8 Å². The highest BCUT2D eigenvalue weighted by Gasteiger charge is 2.32. The highest BCUT2D eigenvalue weighted by molar-refractivity contribution is 7.90. The SMILES string of the molecule is CNS(=O)(=O)C1CCC(N(C)c2ncnc3[nH]cnc23)CC1. The normalized spacial score (nSPS) is 22.8. The molecule has 1 fully saturated rings. The van der Waals surface area contributed by atoms with Gasteiger partial charge >= 0.3 is 0 Å². The first kappa shape index (κ1) is 15.2. The summed E-state index contributed by atoms with van der Waals surface area (Å²) in [4.78, 5) is 17.8. The third-order valence-corrected chi connectivity index (χ3v) is 6.36. The maximum atomic E-state index is 11.9. The second-order valence-corrected chi connectivity index (χ2v) is 7.75. The Labute approximate surface area is 129 Å². The minimum atomic E-state index is -3.17. The number of imidazole rings is 1. The summed E-state index contributed by atoms with van der Waals surface area (Å²) in [5, 5.41) is -0.294. The fourth-order valence-electron chi connectivity index (χ4n) is 3.09. The van der Waals surface area contributed by atoms with Gasteiger partial charge in [-0.15, -0.1) is 0 Å². The molecule has 0 aliphatic heterocycles. The number of nitrogens with one attached hydrogen (secondary N) is 2. The van der Waals surface area contributed by atoms with Crippen LogP contribution in [0.3, 0.4) is 0 Å². The number of aromatic amines is 1. The quantitative estimate of drug-likeness (QED) is 0.856. The summed E-state index contributed by atoms with van der Waals surface area (Å²) >= 11 is 0. The Morgan fingerprint density at radius 1 is 1.23 bits per heavy atom. The first-order chi connectivity index (χ1) is 10.5. The summed E-state index contributed by atoms with van der Waals surface area (Å²) in [5.41, 5.74) is 1.46. The van der Waals surface area contributed by atoms with Crippen LogP contribution in [0.25, 0.3) is 11.2 Å². The number of nitrogens with zero attached hydrogens (tertiary/aromatic N) is 4. The zero-order chi connectivity index (χ0) is 15.7. The molecular weight excluding hydrogens is 304 g/mol. The first-order valence-electron chi connectivity index (χ1n) is 7.32. The Hall–Kier alpha value is -1.74. The van der Waals surface area contributed by atoms with Gasteiger partial charge in [-0.25, -0.2) is 28.1 Å². The van der Waals surface area contributed by atoms with E-state index in [9.17, 15) is 8.42 Å². The molecule has 1 saturated carbocycles. The van der Waals surface area contributed by atoms with Crippen LogP contribution in [0.15, 0.2) is 12.7 Å². The highest BCUT2D eigenvalue weighted by Crippen LogP contribution is 2.30. The second-order valence-electron chi connectivity index (χ2n) is 5.59. The predicted octanol–water partition coefficient (Wildman–Crippen LogP) is 0.649. The van der Waals surface area contributed by atoms with E-state index in [0.29, 0.717) is 18.5 Å². The molecule has 3 rings (SSSR count). The third-order valence-electron chi connectivity index (χ3n) is 4.45. The van der Waals surface area contributed by atoms with Crippen molar-refractivity contribution in [3.05, 3.63) is 12.7 Å². The molecule has 1 aliphatic carbocycles. The van der Waals surface area contributed by atoms with Crippen molar-refractivity contribution >= 4 is 27.0 Å². The van der Waals surface area contributed by atoms with Crippen molar-refractivity contribution in [2.75, 3.05) is 19.0 Å². The predicted molar refractivity (Wildman–Crippen MR) is 84.1 cm³/mol. The Morgan fingerprint density at radius 3 is 2.64 bits per heavy atom. The average molecular weight is 324 g/mol. The zero-order valence-electron chi connectivity index (χ0n) is 12.7. The number of hydrogen-bond acceptors (Lipinski definition) is 6. The summed E-state index contributed by atoms with van der Waals surface area (Å²) in [7, 11) is 0.283. The van der Waals surface area contributed by atoms with Crippen LogP contribution in [-0.4, -0.2) is 53.7 Å². The lowest BCUT2D eigenvalue weighted by Crippen LogP contribution is -2.41. The molecule has 22 heavy (non-hydrogen) atoms. The molecule has 2 aromatic rings. The first-order valence-corrected chi connectivity index (χ1v) is 8.87. The van der Waals surface area contributed by atoms with Crippen LogP contribution in [0.5, 0.6) is 0 Å². The van der Waals surface area contributed by atoms with Gasteiger partial charge in [0.2, 0.25) is 10.0 Å². The van der Waals surface area contributed by atoms with E-state index in [1.807, 2.05) is 7.05 Å². The molecule has 0 bridgehead atoms. The molecule has 0 amide bonds. The van der Waals surface area contributed by atoms with Gasteiger partial charge in [0, 0.05) is 13.1 Å². The van der Waals surface area contributed by atoms with E-state index in [1.54, 1.807) is 6.33 Å². The monoisotopic (exact) mass is 324 g/mol. The zero-order valence-corrected chi connectivity index (χ0v) is 13.5. The number of fused-ring (bicyclic) bond motifs is 1. The summed E-state index contributed by atoms with van der Waals surface area (Å²) in [5.74, 6) is 0.783. The van der Waals surface area contributed by atoms with Crippen molar-refractivity contribution in [3.63, 3.8) is 0 Å². The van der Waals surface area contributed by atoms with Crippen LogP contribution < -0.4 is 9.62 Å². The molecule has 1 aliphatic rings. The van der Waals surface area contributed by atoms with Gasteiger partial charge in [0.05, 0.1) is 11.6 Å². The van der Waals surface area contributed by atoms with Crippen molar-refractivity contribution in [2.45, 2.75) is 37.0 Å². The molecule has 0 saturated heterocycles. The number of rotatable bonds is 4. The Balaban J connectivity index is 1.75. The van der Waals surface area contributed by atoms with Crippen molar-refractivity contribution in [3.8, 4) is 0 Å². The molecule has 2 N–H and O–H groups in total. The lowest BCUT2D eigenvalue weighted by atomic mass is 9.94. The Kier molecular flexibility index (Phi) is 4.00. The summed E-state index contributed by atoms with van der Waals surface area (Å²) in [6, 6.07) is 0.262. The molecule has 2 aromatic heterocycles. The Morgan fingerprint density at radius 2 is 1.95 bits per heavy atom. The summed E-state index contributed by atoms with van der Waals surface area (Å²) < 4.78 is 26.2. The van der Waals surface area contributed by atoms with E-state index < -0.39 is 10.0 Å². The van der Waals surface area contributed by atoms with E-state index in [0.717, 1.165) is 24.2 Å². The minimum absolute atomic E-state index is 0.262. The third kappa shape index (κ3) is 2.66. The molecule has 120 valence electrons. The lowest BCUT2D eigenvalue weighted by Gasteiger charge is -2.34. The van der Waals surface area contributed by atoms with E-state index >= 15 is 0 Å². The Bertz CT molecular complexity index is 751. The average Bonchev–Trinajstić information content (AvgIpc) is 3.03. The van der Waals surface area contributed by atoms with Crippen LogP contribution in [-0.2, 0) is 10.0 Å². The molecule has 0 atom stereocenters. The molecular formula is C13H20N6O2S. The maximum absolute atomic E-state index is 11.9. The van der Waals surface area contributed by atoms with Crippen molar-refractivity contribution in [2.24, 2.45) is 0 Å². The highest BCUT2D eigenvalue weighted by atomic mass is 32.2. The van der Waals surface area contributed by atoms with Gasteiger partial charge < -0.3 is 9.88 Å². The summed E-state index contributed by atoms with van der Waals surface area (Å²) in [6.45, 7) is 0. The van der Waals surface area contributed by atoms with E-state index in [4.69, 9.17) is 0 Å². The van der Waals surface area contributed by atoms with Crippen LogP contribution in [0.4, 0.5) is 5.82 Å². The molecule has 0 radical (unpaired) electrons. The van der Waals surface area contributed by atoms with Gasteiger partial charge in [0.25, 0.3) is 0 Å². The van der Waals surface area contributed by atoms with Crippen molar-refractivity contribution in [1.29, 1.82) is 0 Å². The second kappa shape index (κ2) is 5.81. The summed E-state index contributed by atoms with van der Waals surface area (Å²) in [6.07, 6.45) is 6.08. The molecule has 0 unspecified atom stereocenters. The number of sulfonamides is 1. The van der Waals surface area contributed by atoms with Gasteiger partial charge in [-0.3, -0.25) is 0 Å². The van der Waals surface area contributed by atoms with Gasteiger partial charge in [-0.05, 0) is 32.7 Å². The molecule has 0 aromatic carbocycles. The van der Waals surface area contributed by atoms with Crippen LogP contribution in [0, 0.1) is 0 Å². The number of H-pyrrole nitrogens is 1. The fraction of sp³-hybridized carbons (Fsp3) is 0.615. The number of anilines is 1. The van der Waals surface area contributed by atoms with Gasteiger partial charge in [-0.2, -0.15) is 0 Å². The molecule has 2 heterocycles. The standard InChI is InChI=1S/C13H20N6O2S/c1-14-22(20,21)10-5-3-9(4-6-10)19(2)13-11-12(16-7-15-11)17-8-18-13/h7-10,14H,3-6H2,1-2H3,(H,15,16,17,18). The van der Waals surface area contributed by atoms with Gasteiger partial charge in [-0.1, -0.05) is 0 Å². The van der Waals surface area contributed by atoms with Crippen LogP contribution >= 0.6 is 0 Å². The number of aromatic nitrogens is 4. The molecule has 0 spiro atoms. The van der Waals surface area contributed by atoms with E-state index in [2.05, 4.69) is 29.6 Å².